The Balaban J connectivity index is 1.55. The number of nitrogens with zero attached hydrogens (tertiary/aromatic N) is 2. The van der Waals surface area contributed by atoms with E-state index in [0.29, 0.717) is 26.0 Å². The molecule has 0 N–H and O–H groups in total. The van der Waals surface area contributed by atoms with Crippen LogP contribution in [0.5, 0.6) is 0 Å². The number of aromatic nitrogens is 1. The molecule has 0 unspecified atom stereocenters. The number of ketones is 2. The molecule has 2 heterocycles. The smallest absolute Gasteiger partial charge is 0.161 e. The fraction of sp³-hybridized carbons (Fsp3) is 0.394. The molecule has 0 saturated heterocycles. The number of fused-ring (bicyclic) bond motifs is 1. The predicted octanol–water partition coefficient (Wildman–Crippen LogP) is 6.37. The van der Waals surface area contributed by atoms with Gasteiger partial charge in [-0.1, -0.05) is 47.5 Å². The second-order valence-electron chi connectivity index (χ2n) is 11.1. The van der Waals surface area contributed by atoms with Crippen molar-refractivity contribution >= 4 is 22.5 Å². The predicted molar refractivity (Wildman–Crippen MR) is 150 cm³/mol. The zero-order valence-corrected chi connectivity index (χ0v) is 22.7. The Labute approximate surface area is 224 Å². The molecule has 0 bridgehead atoms. The summed E-state index contributed by atoms with van der Waals surface area (Å²) >= 11 is 0. The van der Waals surface area contributed by atoms with Crippen molar-refractivity contribution in [2.75, 3.05) is 20.3 Å². The normalized spacial score (nSPS) is 18.4. The fourth-order valence-corrected chi connectivity index (χ4v) is 6.97. The van der Waals surface area contributed by atoms with E-state index in [0.717, 1.165) is 71.2 Å². The SMILES string of the molecule is COCCN1C2=C(C(=O)CCC2)C(c2cn(Cc3cc(C)cc(C)c3)c3ccccc23)C2=C1CCCC2=O. The monoisotopic (exact) mass is 508 g/mol. The molecule has 1 aliphatic heterocycles. The molecule has 2 aromatic carbocycles. The first-order valence-electron chi connectivity index (χ1n) is 13.9. The number of benzene rings is 2. The van der Waals surface area contributed by atoms with Crippen LogP contribution in [0.2, 0.25) is 0 Å². The number of hydrogen-bond acceptors (Lipinski definition) is 4. The second kappa shape index (κ2) is 10.0. The Bertz CT molecular complexity index is 1440. The van der Waals surface area contributed by atoms with Crippen LogP contribution in [0.3, 0.4) is 0 Å². The van der Waals surface area contributed by atoms with E-state index in [4.69, 9.17) is 4.74 Å². The van der Waals surface area contributed by atoms with Gasteiger partial charge in [-0.05, 0) is 56.7 Å². The van der Waals surface area contributed by atoms with E-state index in [1.54, 1.807) is 7.11 Å². The van der Waals surface area contributed by atoms with Crippen molar-refractivity contribution in [1.29, 1.82) is 0 Å². The molecule has 0 saturated carbocycles. The number of hydrogen-bond donors (Lipinski definition) is 0. The summed E-state index contributed by atoms with van der Waals surface area (Å²) in [5.41, 5.74) is 9.90. The number of aryl methyl sites for hydroxylation is 2. The third kappa shape index (κ3) is 4.23. The van der Waals surface area contributed by atoms with Gasteiger partial charge in [-0.2, -0.15) is 0 Å². The summed E-state index contributed by atoms with van der Waals surface area (Å²) in [5, 5.41) is 1.13. The first kappa shape index (κ1) is 24.9. The Morgan fingerprint density at radius 3 is 2.13 bits per heavy atom. The summed E-state index contributed by atoms with van der Waals surface area (Å²) in [5.74, 6) is 0.0780. The van der Waals surface area contributed by atoms with Crippen molar-refractivity contribution in [3.05, 3.63) is 93.5 Å². The molecular weight excluding hydrogens is 472 g/mol. The second-order valence-corrected chi connectivity index (χ2v) is 11.1. The van der Waals surface area contributed by atoms with Crippen molar-refractivity contribution in [2.24, 2.45) is 0 Å². The minimum Gasteiger partial charge on any atom is -0.383 e. The highest BCUT2D eigenvalue weighted by Crippen LogP contribution is 2.50. The molecule has 38 heavy (non-hydrogen) atoms. The maximum atomic E-state index is 13.7. The number of ether oxygens (including phenoxy) is 1. The van der Waals surface area contributed by atoms with Gasteiger partial charge in [-0.15, -0.1) is 0 Å². The lowest BCUT2D eigenvalue weighted by Crippen LogP contribution is -2.40. The molecule has 1 aromatic heterocycles. The maximum absolute atomic E-state index is 13.7. The Kier molecular flexibility index (Phi) is 6.56. The topological polar surface area (TPSA) is 51.5 Å². The van der Waals surface area contributed by atoms with Crippen molar-refractivity contribution in [3.63, 3.8) is 0 Å². The molecule has 0 spiro atoms. The van der Waals surface area contributed by atoms with E-state index in [2.05, 4.69) is 72.0 Å². The first-order chi connectivity index (χ1) is 18.5. The Hall–Kier alpha value is -3.44. The fourth-order valence-electron chi connectivity index (χ4n) is 6.97. The molecule has 196 valence electrons. The molecule has 3 aromatic rings. The highest BCUT2D eigenvalue weighted by atomic mass is 16.5. The van der Waals surface area contributed by atoms with Gasteiger partial charge in [-0.3, -0.25) is 9.59 Å². The molecule has 0 radical (unpaired) electrons. The zero-order valence-electron chi connectivity index (χ0n) is 22.7. The van der Waals surface area contributed by atoms with Crippen LogP contribution in [0, 0.1) is 13.8 Å². The summed E-state index contributed by atoms with van der Waals surface area (Å²) < 4.78 is 7.75. The molecule has 3 aliphatic rings. The van der Waals surface area contributed by atoms with Crippen LogP contribution in [-0.2, 0) is 20.9 Å². The van der Waals surface area contributed by atoms with E-state index >= 15 is 0 Å². The lowest BCUT2D eigenvalue weighted by Gasteiger charge is -2.43. The van der Waals surface area contributed by atoms with E-state index < -0.39 is 0 Å². The highest BCUT2D eigenvalue weighted by molar-refractivity contribution is 6.07. The van der Waals surface area contributed by atoms with Crippen molar-refractivity contribution < 1.29 is 14.3 Å². The quantitative estimate of drug-likeness (QED) is 0.388. The van der Waals surface area contributed by atoms with Crippen LogP contribution in [0.25, 0.3) is 10.9 Å². The number of rotatable bonds is 6. The van der Waals surface area contributed by atoms with Gasteiger partial charge in [-0.25, -0.2) is 0 Å². The lowest BCUT2D eigenvalue weighted by molar-refractivity contribution is -0.117. The van der Waals surface area contributed by atoms with Crippen LogP contribution in [0.15, 0.2) is 71.2 Å². The van der Waals surface area contributed by atoms with Gasteiger partial charge < -0.3 is 14.2 Å². The number of carbonyl (C=O) groups is 2. The van der Waals surface area contributed by atoms with Gasteiger partial charge >= 0.3 is 0 Å². The van der Waals surface area contributed by atoms with E-state index in [9.17, 15) is 9.59 Å². The van der Waals surface area contributed by atoms with Gasteiger partial charge in [0.25, 0.3) is 0 Å². The Morgan fingerprint density at radius 1 is 0.868 bits per heavy atom. The highest BCUT2D eigenvalue weighted by Gasteiger charge is 2.44. The van der Waals surface area contributed by atoms with Crippen LogP contribution in [-0.4, -0.2) is 41.3 Å². The van der Waals surface area contributed by atoms with Gasteiger partial charge in [0, 0.05) is 78.6 Å². The number of para-hydroxylation sites is 1. The maximum Gasteiger partial charge on any atom is 0.161 e. The third-order valence-electron chi connectivity index (χ3n) is 8.37. The molecule has 5 nitrogen and oxygen atoms in total. The average molecular weight is 509 g/mol. The largest absolute Gasteiger partial charge is 0.383 e. The standard InChI is InChI=1S/C33H36N2O3/c1-21-16-22(2)18-23(17-21)19-34-20-25(24-8-4-5-9-26(24)34)31-32-27(10-6-12-29(32)36)35(14-15-38-3)28-11-7-13-30(37)33(28)31/h4-5,8-9,16-18,20,31H,6-7,10-15,19H2,1-3H3. The summed E-state index contributed by atoms with van der Waals surface area (Å²) in [6.45, 7) is 6.26. The van der Waals surface area contributed by atoms with Crippen molar-refractivity contribution in [2.45, 2.75) is 64.8 Å². The number of carbonyl (C=O) groups excluding carboxylic acids is 2. The van der Waals surface area contributed by atoms with E-state index in [1.807, 2.05) is 0 Å². The molecular formula is C33H36N2O3. The van der Waals surface area contributed by atoms with Crippen LogP contribution in [0.4, 0.5) is 0 Å². The Morgan fingerprint density at radius 2 is 1.50 bits per heavy atom. The summed E-state index contributed by atoms with van der Waals surface area (Å²) in [4.78, 5) is 29.6. The van der Waals surface area contributed by atoms with Crippen LogP contribution in [0.1, 0.15) is 66.7 Å². The van der Waals surface area contributed by atoms with Gasteiger partial charge in [0.15, 0.2) is 11.6 Å². The summed E-state index contributed by atoms with van der Waals surface area (Å²) in [6, 6.07) is 15.1. The number of methoxy groups -OCH3 is 1. The van der Waals surface area contributed by atoms with Gasteiger partial charge in [0.05, 0.1) is 6.61 Å². The minimum atomic E-state index is -0.301. The van der Waals surface area contributed by atoms with Crippen LogP contribution >= 0.6 is 0 Å². The molecule has 0 atom stereocenters. The van der Waals surface area contributed by atoms with Gasteiger partial charge in [0.1, 0.15) is 0 Å². The molecule has 6 rings (SSSR count). The first-order valence-corrected chi connectivity index (χ1v) is 13.9. The lowest BCUT2D eigenvalue weighted by atomic mass is 9.71. The van der Waals surface area contributed by atoms with Crippen molar-refractivity contribution in [3.8, 4) is 0 Å². The van der Waals surface area contributed by atoms with E-state index in [1.165, 1.54) is 16.7 Å². The molecule has 2 aliphatic carbocycles. The molecule has 0 amide bonds. The van der Waals surface area contributed by atoms with Crippen LogP contribution < -0.4 is 0 Å². The van der Waals surface area contributed by atoms with E-state index in [-0.39, 0.29) is 17.5 Å². The number of allylic oxidation sites excluding steroid dienone is 4. The zero-order chi connectivity index (χ0) is 26.4. The molecule has 5 heteroatoms. The number of Topliss-reactive ketones (excluding diaryl/α,β-unsaturated/α-hetero) is 2. The third-order valence-corrected chi connectivity index (χ3v) is 8.37. The summed E-state index contributed by atoms with van der Waals surface area (Å²) in [6.07, 6.45) is 6.77. The van der Waals surface area contributed by atoms with Crippen molar-refractivity contribution in [1.82, 2.24) is 9.47 Å². The minimum absolute atomic E-state index is 0.190. The molecule has 0 fully saturated rings. The average Bonchev–Trinajstić information content (AvgIpc) is 3.24. The summed E-state index contributed by atoms with van der Waals surface area (Å²) in [7, 11) is 1.71. The van der Waals surface area contributed by atoms with Gasteiger partial charge in [0.2, 0.25) is 0 Å².